The highest BCUT2D eigenvalue weighted by atomic mass is 35.5. The molecule has 0 radical (unpaired) electrons. The number of piperidine rings is 1. The Morgan fingerprint density at radius 1 is 0.900 bits per heavy atom. The van der Waals surface area contributed by atoms with E-state index < -0.39 is 0 Å². The summed E-state index contributed by atoms with van der Waals surface area (Å²) in [5.41, 5.74) is 0.522. The fraction of sp³-hybridized carbons (Fsp3) is 0.636. The average molecular weight is 437 g/mol. The van der Waals surface area contributed by atoms with Crippen molar-refractivity contribution in [1.29, 1.82) is 0 Å². The van der Waals surface area contributed by atoms with Crippen molar-refractivity contribution in [2.24, 2.45) is 5.92 Å². The van der Waals surface area contributed by atoms with Crippen LogP contribution in [-0.2, 0) is 11.3 Å². The number of carbonyl (C=O) groups excluding carboxylic acids is 2. The molecule has 3 fully saturated rings. The van der Waals surface area contributed by atoms with Crippen molar-refractivity contribution in [3.63, 3.8) is 0 Å². The predicted octanol–water partition coefficient (Wildman–Crippen LogP) is 3.05. The molecule has 0 aliphatic carbocycles. The fourth-order valence-electron chi connectivity index (χ4n) is 4.72. The van der Waals surface area contributed by atoms with E-state index in [1.807, 2.05) is 14.7 Å². The van der Waals surface area contributed by atoms with Crippen LogP contribution >= 0.6 is 11.6 Å². The maximum absolute atomic E-state index is 14.0. The summed E-state index contributed by atoms with van der Waals surface area (Å²) in [4.78, 5) is 33.4. The molecule has 0 atom stereocenters. The van der Waals surface area contributed by atoms with Crippen LogP contribution in [0.1, 0.15) is 31.2 Å². The van der Waals surface area contributed by atoms with Gasteiger partial charge < -0.3 is 14.7 Å². The molecule has 1 aromatic rings. The number of amides is 3. The number of hydrogen-bond acceptors (Lipinski definition) is 3. The third-order valence-corrected chi connectivity index (χ3v) is 6.97. The molecule has 6 nitrogen and oxygen atoms in total. The molecule has 30 heavy (non-hydrogen) atoms. The molecule has 1 aromatic carbocycles. The summed E-state index contributed by atoms with van der Waals surface area (Å²) in [5.74, 6) is -0.0803. The van der Waals surface area contributed by atoms with Crippen LogP contribution in [0.2, 0.25) is 5.02 Å². The van der Waals surface area contributed by atoms with E-state index in [0.29, 0.717) is 56.4 Å². The number of hydrogen-bond donors (Lipinski definition) is 0. The van der Waals surface area contributed by atoms with E-state index in [0.717, 1.165) is 38.8 Å². The van der Waals surface area contributed by atoms with Crippen molar-refractivity contribution in [2.75, 3.05) is 52.4 Å². The van der Waals surface area contributed by atoms with E-state index in [2.05, 4.69) is 4.90 Å². The molecule has 0 aromatic heterocycles. The monoisotopic (exact) mass is 436 g/mol. The first-order valence-corrected chi connectivity index (χ1v) is 11.4. The van der Waals surface area contributed by atoms with Gasteiger partial charge in [0, 0.05) is 75.4 Å². The second-order valence-electron chi connectivity index (χ2n) is 8.54. The number of likely N-dealkylation sites (tertiary alicyclic amines) is 2. The fourth-order valence-corrected chi connectivity index (χ4v) is 4.94. The third kappa shape index (κ3) is 4.72. The smallest absolute Gasteiger partial charge is 0.319 e. The van der Waals surface area contributed by atoms with Gasteiger partial charge in [0.1, 0.15) is 5.82 Å². The van der Waals surface area contributed by atoms with E-state index in [4.69, 9.17) is 11.6 Å². The molecule has 164 valence electrons. The van der Waals surface area contributed by atoms with Gasteiger partial charge in [-0.05, 0) is 37.8 Å². The summed E-state index contributed by atoms with van der Waals surface area (Å²) in [6.45, 7) is 6.24. The minimum Gasteiger partial charge on any atom is -0.340 e. The molecule has 3 aliphatic heterocycles. The zero-order valence-corrected chi connectivity index (χ0v) is 18.1. The lowest BCUT2D eigenvalue weighted by Gasteiger charge is -2.39. The van der Waals surface area contributed by atoms with Crippen molar-refractivity contribution >= 4 is 23.5 Å². The molecule has 8 heteroatoms. The van der Waals surface area contributed by atoms with E-state index in [1.165, 1.54) is 6.07 Å². The van der Waals surface area contributed by atoms with Crippen LogP contribution in [0.15, 0.2) is 18.2 Å². The Labute approximate surface area is 182 Å². The van der Waals surface area contributed by atoms with Crippen molar-refractivity contribution in [2.45, 2.75) is 32.2 Å². The number of urea groups is 1. The lowest BCUT2D eigenvalue weighted by atomic mass is 9.95. The number of benzene rings is 1. The van der Waals surface area contributed by atoms with Crippen LogP contribution in [0.4, 0.5) is 9.18 Å². The SMILES string of the molecule is O=C(C1CCN(C(=O)N2CCCC2)CC1)N1CCN(Cc2c(F)cccc2Cl)CC1. The Hall–Kier alpha value is -1.86. The summed E-state index contributed by atoms with van der Waals surface area (Å²) in [5, 5.41) is 0.448. The molecule has 4 rings (SSSR count). The van der Waals surface area contributed by atoms with Gasteiger partial charge in [0.05, 0.1) is 0 Å². The van der Waals surface area contributed by atoms with Crippen LogP contribution in [0.3, 0.4) is 0 Å². The number of piperazine rings is 1. The normalized spacial score (nSPS) is 21.3. The van der Waals surface area contributed by atoms with Gasteiger partial charge in [0.15, 0.2) is 0 Å². The Morgan fingerprint density at radius 3 is 2.17 bits per heavy atom. The maximum atomic E-state index is 14.0. The van der Waals surface area contributed by atoms with Gasteiger partial charge in [-0.2, -0.15) is 0 Å². The van der Waals surface area contributed by atoms with Crippen molar-refractivity contribution in [3.05, 3.63) is 34.6 Å². The first-order valence-electron chi connectivity index (χ1n) is 11.0. The largest absolute Gasteiger partial charge is 0.340 e. The van der Waals surface area contributed by atoms with Crippen molar-refractivity contribution < 1.29 is 14.0 Å². The molecule has 3 saturated heterocycles. The molecule has 0 spiro atoms. The van der Waals surface area contributed by atoms with Gasteiger partial charge in [-0.3, -0.25) is 9.69 Å². The average Bonchev–Trinajstić information content (AvgIpc) is 3.31. The summed E-state index contributed by atoms with van der Waals surface area (Å²) in [6, 6.07) is 4.89. The Morgan fingerprint density at radius 2 is 1.53 bits per heavy atom. The number of rotatable bonds is 3. The standard InChI is InChI=1S/C22H30ClFN4O2/c23-19-4-3-5-20(24)18(19)16-25-12-14-26(15-13-25)21(29)17-6-10-28(11-7-17)22(30)27-8-1-2-9-27/h3-5,17H,1-2,6-16H2. The molecule has 3 aliphatic rings. The van der Waals surface area contributed by atoms with Gasteiger partial charge in [0.2, 0.25) is 5.91 Å². The summed E-state index contributed by atoms with van der Waals surface area (Å²) >= 11 is 6.14. The van der Waals surface area contributed by atoms with E-state index in [1.54, 1.807) is 12.1 Å². The molecule has 3 heterocycles. The molecule has 0 N–H and O–H groups in total. The first kappa shape index (κ1) is 21.4. The molecule has 0 unspecified atom stereocenters. The van der Waals surface area contributed by atoms with Crippen LogP contribution in [0.25, 0.3) is 0 Å². The highest BCUT2D eigenvalue weighted by Gasteiger charge is 2.33. The van der Waals surface area contributed by atoms with Gasteiger partial charge in [-0.15, -0.1) is 0 Å². The summed E-state index contributed by atoms with van der Waals surface area (Å²) in [6.07, 6.45) is 3.67. The number of carbonyl (C=O) groups is 2. The van der Waals surface area contributed by atoms with Gasteiger partial charge >= 0.3 is 6.03 Å². The van der Waals surface area contributed by atoms with Crippen molar-refractivity contribution in [3.8, 4) is 0 Å². The quantitative estimate of drug-likeness (QED) is 0.731. The predicted molar refractivity (Wildman–Crippen MR) is 114 cm³/mol. The number of nitrogens with zero attached hydrogens (tertiary/aromatic N) is 4. The Kier molecular flexibility index (Phi) is 6.78. The van der Waals surface area contributed by atoms with Crippen LogP contribution in [0, 0.1) is 11.7 Å². The molecular formula is C22H30ClFN4O2. The van der Waals surface area contributed by atoms with Gasteiger partial charge in [-0.25, -0.2) is 9.18 Å². The molecule has 0 saturated carbocycles. The molecule has 0 bridgehead atoms. The minimum atomic E-state index is -0.281. The zero-order chi connectivity index (χ0) is 21.1. The lowest BCUT2D eigenvalue weighted by molar-refractivity contribution is -0.138. The highest BCUT2D eigenvalue weighted by Crippen LogP contribution is 2.24. The second kappa shape index (κ2) is 9.52. The van der Waals surface area contributed by atoms with Crippen LogP contribution < -0.4 is 0 Å². The lowest BCUT2D eigenvalue weighted by Crippen LogP contribution is -2.52. The summed E-state index contributed by atoms with van der Waals surface area (Å²) < 4.78 is 14.0. The Balaban J connectivity index is 1.23. The van der Waals surface area contributed by atoms with E-state index in [9.17, 15) is 14.0 Å². The first-order chi connectivity index (χ1) is 14.5. The van der Waals surface area contributed by atoms with Gasteiger partial charge in [0.25, 0.3) is 0 Å². The van der Waals surface area contributed by atoms with Crippen LogP contribution in [-0.4, -0.2) is 83.9 Å². The van der Waals surface area contributed by atoms with Crippen LogP contribution in [0.5, 0.6) is 0 Å². The Bertz CT molecular complexity index is 750. The third-order valence-electron chi connectivity index (χ3n) is 6.62. The topological polar surface area (TPSA) is 47.1 Å². The molecule has 3 amide bonds. The highest BCUT2D eigenvalue weighted by molar-refractivity contribution is 6.31. The maximum Gasteiger partial charge on any atom is 0.319 e. The summed E-state index contributed by atoms with van der Waals surface area (Å²) in [7, 11) is 0. The van der Waals surface area contributed by atoms with Gasteiger partial charge in [-0.1, -0.05) is 17.7 Å². The molecular weight excluding hydrogens is 407 g/mol. The van der Waals surface area contributed by atoms with Crippen molar-refractivity contribution in [1.82, 2.24) is 19.6 Å². The second-order valence-corrected chi connectivity index (χ2v) is 8.95. The van der Waals surface area contributed by atoms with E-state index in [-0.39, 0.29) is 23.7 Å². The van der Waals surface area contributed by atoms with E-state index >= 15 is 0 Å². The zero-order valence-electron chi connectivity index (χ0n) is 17.4. The minimum absolute atomic E-state index is 0.000176. The number of halogens is 2.